The number of aryl methyl sites for hydroxylation is 4. The van der Waals surface area contributed by atoms with Crippen LogP contribution >= 0.6 is 31.9 Å². The molecule has 0 atom stereocenters. The van der Waals surface area contributed by atoms with Gasteiger partial charge in [-0.2, -0.15) is 0 Å². The summed E-state index contributed by atoms with van der Waals surface area (Å²) in [5.41, 5.74) is 16.4. The molecule has 0 fully saturated rings. The zero-order chi connectivity index (χ0) is 61.1. The van der Waals surface area contributed by atoms with Crippen molar-refractivity contribution in [2.45, 2.75) is 106 Å². The van der Waals surface area contributed by atoms with Crippen molar-refractivity contribution in [2.24, 2.45) is 0 Å². The highest BCUT2D eigenvalue weighted by Crippen LogP contribution is 2.45. The molecule has 3 N–H and O–H groups in total. The van der Waals surface area contributed by atoms with E-state index >= 15 is 0 Å². The van der Waals surface area contributed by atoms with E-state index in [9.17, 15) is 34.5 Å². The van der Waals surface area contributed by atoms with Crippen LogP contribution in [0.3, 0.4) is 0 Å². The Morgan fingerprint density at radius 1 is 0.590 bits per heavy atom. The number of carbonyl (C=O) groups excluding carboxylic acids is 4. The number of methoxy groups -OCH3 is 1. The molecule has 0 aromatic heterocycles. The first-order valence-electron chi connectivity index (χ1n) is 27.5. The van der Waals surface area contributed by atoms with Crippen molar-refractivity contribution in [3.8, 4) is 11.5 Å². The number of aliphatic hydroxyl groups is 1. The number of hydrogen-bond acceptors (Lipinski definition) is 9. The number of esters is 1. The Hall–Kier alpha value is -6.63. The number of aromatic hydroxyl groups is 2. The van der Waals surface area contributed by atoms with E-state index in [1.165, 1.54) is 18.2 Å². The predicted molar refractivity (Wildman–Crippen MR) is 352 cm³/mol. The Kier molecular flexibility index (Phi) is 19.8. The monoisotopic (exact) mass is 1290 g/mol. The summed E-state index contributed by atoms with van der Waals surface area (Å²) < 4.78 is 12.9. The number of allylic oxidation sites excluding steroid dienone is 10. The minimum atomic E-state index is -2.14. The first-order chi connectivity index (χ1) is 38.9. The molecule has 0 saturated carbocycles. The second-order valence-corrected chi connectivity index (χ2v) is 39.1. The van der Waals surface area contributed by atoms with E-state index in [1.807, 2.05) is 99.7 Å². The molecule has 0 saturated heterocycles. The summed E-state index contributed by atoms with van der Waals surface area (Å²) in [6, 6.07) is 34.5. The lowest BCUT2D eigenvalue weighted by Gasteiger charge is -2.37. The van der Waals surface area contributed by atoms with Gasteiger partial charge in [-0.25, -0.2) is 4.79 Å². The van der Waals surface area contributed by atoms with Gasteiger partial charge in [0.25, 0.3) is 0 Å². The standard InChI is InChI=1S/C23H22O3Si.C23H20O3Si.C14H23BrOSi.C9H9BrO2/c2*1-14-10-15(13-24)4-7-18(14)23-19-8-5-16(25)11-21(19)27(2,3)22-12-17(26)6-9-20(22)23;1-11-9-12(7-8-13(11)15)10-16-17(5,6)14(2,3)4;1-6-5-7(9(11)12-2)3-4-8(6)10/h4-12,24-25H,13H2,1-3H3;4-13,25H,1-3H3;7-9H,10H2,1-6H3;3-5H,1-2H3. The Morgan fingerprint density at radius 3 is 1.47 bits per heavy atom. The van der Waals surface area contributed by atoms with E-state index in [1.54, 1.807) is 48.6 Å². The predicted octanol–water partition coefficient (Wildman–Crippen LogP) is 15.2. The summed E-state index contributed by atoms with van der Waals surface area (Å²) in [7, 11) is -4.52. The first kappa shape index (κ1) is 63.9. The Labute approximate surface area is 509 Å². The van der Waals surface area contributed by atoms with Crippen LogP contribution in [0.2, 0.25) is 44.3 Å². The highest BCUT2D eigenvalue weighted by molar-refractivity contribution is 9.10. The van der Waals surface area contributed by atoms with Crippen molar-refractivity contribution in [1.29, 1.82) is 0 Å². The van der Waals surface area contributed by atoms with Gasteiger partial charge < -0.3 is 24.5 Å². The summed E-state index contributed by atoms with van der Waals surface area (Å²) >= 11 is 6.87. The van der Waals surface area contributed by atoms with Crippen molar-refractivity contribution in [2.75, 3.05) is 7.11 Å². The molecule has 0 radical (unpaired) electrons. The molecule has 83 heavy (non-hydrogen) atoms. The first-order valence-corrected chi connectivity index (χ1v) is 38.0. The number of halogens is 2. The number of carbonyl (C=O) groups is 4. The lowest BCUT2D eigenvalue weighted by molar-refractivity contribution is -0.111. The number of fused-ring (bicyclic) bond motifs is 4. The molecule has 0 amide bonds. The quantitative estimate of drug-likeness (QED) is 0.0770. The molecule has 14 heteroatoms. The van der Waals surface area contributed by atoms with Crippen LogP contribution in [0.4, 0.5) is 0 Å². The van der Waals surface area contributed by atoms with E-state index in [0.717, 1.165) is 109 Å². The van der Waals surface area contributed by atoms with Gasteiger partial charge in [0.05, 0.1) is 25.9 Å². The second kappa shape index (κ2) is 25.7. The molecule has 0 bridgehead atoms. The average Bonchev–Trinajstić information content (AvgIpc) is 1.34. The summed E-state index contributed by atoms with van der Waals surface area (Å²) in [5.74, 6) is 0.215. The summed E-state index contributed by atoms with van der Waals surface area (Å²) in [6.45, 7) is 29.1. The van der Waals surface area contributed by atoms with Crippen LogP contribution in [0.15, 0.2) is 176 Å². The largest absolute Gasteiger partial charge is 0.508 e. The number of phenolic OH excluding ortho intramolecular Hbond substituents is 2. The summed E-state index contributed by atoms with van der Waals surface area (Å²) in [6.07, 6.45) is 11.5. The second-order valence-electron chi connectivity index (χ2n) is 24.0. The fourth-order valence-corrected chi connectivity index (χ4v) is 18.1. The maximum Gasteiger partial charge on any atom is 0.337 e. The highest BCUT2D eigenvalue weighted by Gasteiger charge is 2.42. The fraction of sp³-hybridized carbons (Fsp3) is 0.246. The lowest BCUT2D eigenvalue weighted by Crippen LogP contribution is -2.49. The number of aliphatic hydroxyl groups excluding tert-OH is 1. The average molecular weight is 1290 g/mol. The van der Waals surface area contributed by atoms with Gasteiger partial charge in [-0.15, -0.1) is 0 Å². The molecule has 0 unspecified atom stereocenters. The third kappa shape index (κ3) is 14.0. The topological polar surface area (TPSA) is 147 Å². The maximum absolute atomic E-state index is 12.1. The van der Waals surface area contributed by atoms with Crippen LogP contribution in [0.1, 0.15) is 97.1 Å². The Morgan fingerprint density at radius 2 is 1.04 bits per heavy atom. The minimum Gasteiger partial charge on any atom is -0.508 e. The van der Waals surface area contributed by atoms with Crippen LogP contribution < -0.4 is 10.4 Å². The molecule has 430 valence electrons. The van der Waals surface area contributed by atoms with Crippen molar-refractivity contribution < 1.29 is 43.7 Å². The zero-order valence-corrected chi connectivity index (χ0v) is 56.1. The molecule has 2 aliphatic heterocycles. The zero-order valence-electron chi connectivity index (χ0n) is 49.9. The van der Waals surface area contributed by atoms with E-state index in [4.69, 9.17) is 4.43 Å². The van der Waals surface area contributed by atoms with Gasteiger partial charge >= 0.3 is 5.97 Å². The van der Waals surface area contributed by atoms with Crippen LogP contribution in [-0.2, 0) is 32.0 Å². The van der Waals surface area contributed by atoms with Crippen molar-refractivity contribution in [1.82, 2.24) is 0 Å². The van der Waals surface area contributed by atoms with Gasteiger partial charge in [-0.1, -0.05) is 146 Å². The van der Waals surface area contributed by atoms with Gasteiger partial charge in [-0.05, 0) is 223 Å². The third-order valence-electron chi connectivity index (χ3n) is 16.4. The number of ether oxygens (including phenoxy) is 1. The molecular formula is C69H74Br2O9Si3. The van der Waals surface area contributed by atoms with Crippen molar-refractivity contribution in [3.05, 3.63) is 243 Å². The molecule has 6 aromatic rings. The summed E-state index contributed by atoms with van der Waals surface area (Å²) in [4.78, 5) is 46.4. The molecule has 2 heterocycles. The SMILES string of the molecule is COC(=O)c1ccc(Br)c(C)c1.Cc1cc(C=O)ccc1C1=C2C=CC(=O)C=C2[Si](C)(C)c2cc(O)ccc21.Cc1cc(CO)ccc1C1=C2C=CC(=O)C=C2[Si](C)(C)c2cc(O)ccc21.Cc1cc(CO[Si](C)(C)C(C)(C)C)ccc1Br. The molecular weight excluding hydrogens is 1220 g/mol. The van der Waals surface area contributed by atoms with Crippen molar-refractivity contribution in [3.63, 3.8) is 0 Å². The number of phenols is 2. The lowest BCUT2D eigenvalue weighted by atomic mass is 9.87. The molecule has 4 aliphatic rings. The van der Waals surface area contributed by atoms with E-state index < -0.39 is 24.5 Å². The summed E-state index contributed by atoms with van der Waals surface area (Å²) in [5, 5.41) is 34.4. The molecule has 0 spiro atoms. The molecule has 10 rings (SSSR count). The third-order valence-corrected chi connectivity index (χ3v) is 29.7. The number of benzene rings is 6. The molecule has 2 aliphatic carbocycles. The van der Waals surface area contributed by atoms with E-state index in [0.29, 0.717) is 11.1 Å². The van der Waals surface area contributed by atoms with Gasteiger partial charge in [0.15, 0.2) is 19.9 Å². The molecule has 6 aromatic carbocycles. The minimum absolute atomic E-state index is 0.00491. The molecule has 9 nitrogen and oxygen atoms in total. The van der Waals surface area contributed by atoms with E-state index in [2.05, 4.69) is 122 Å². The van der Waals surface area contributed by atoms with Gasteiger partial charge in [0.1, 0.15) is 33.9 Å². The van der Waals surface area contributed by atoms with Crippen molar-refractivity contribution >= 4 is 102 Å². The number of aldehydes is 1. The smallest absolute Gasteiger partial charge is 0.337 e. The number of ketones is 2. The van der Waals surface area contributed by atoms with Gasteiger partial charge in [-0.3, -0.25) is 14.4 Å². The number of hydrogen-bond donors (Lipinski definition) is 3. The van der Waals surface area contributed by atoms with Gasteiger partial charge in [0, 0.05) is 14.5 Å². The fourth-order valence-electron chi connectivity index (χ4n) is 10.5. The van der Waals surface area contributed by atoms with Crippen LogP contribution in [0, 0.1) is 27.7 Å². The normalized spacial score (nSPS) is 15.3. The maximum atomic E-state index is 12.1. The van der Waals surface area contributed by atoms with E-state index in [-0.39, 0.29) is 40.7 Å². The highest BCUT2D eigenvalue weighted by atomic mass is 79.9. The van der Waals surface area contributed by atoms with Crippen LogP contribution in [0.25, 0.3) is 11.1 Å². The van der Waals surface area contributed by atoms with Crippen LogP contribution in [0.5, 0.6) is 11.5 Å². The van der Waals surface area contributed by atoms with Gasteiger partial charge in [0.2, 0.25) is 0 Å². The Balaban J connectivity index is 0.000000167. The Bertz CT molecular complexity index is 3790. The van der Waals surface area contributed by atoms with Crippen LogP contribution in [-0.4, -0.2) is 70.7 Å². The number of rotatable bonds is 8.